The quantitative estimate of drug-likeness (QED) is 0.464. The fourth-order valence-corrected chi connectivity index (χ4v) is 2.24. The second-order valence-corrected chi connectivity index (χ2v) is 5.24. The topological polar surface area (TPSA) is 55.0 Å². The predicted octanol–water partition coefficient (Wildman–Crippen LogP) is 4.31. The highest BCUT2D eigenvalue weighted by Gasteiger charge is 2.10. The number of hydrogen-bond acceptors (Lipinski definition) is 3. The Hall–Kier alpha value is -3.39. The van der Waals surface area contributed by atoms with Crippen LogP contribution in [0.5, 0.6) is 0 Å². The lowest BCUT2D eigenvalue weighted by Crippen LogP contribution is -2.01. The Morgan fingerprint density at radius 1 is 1.28 bits per heavy atom. The van der Waals surface area contributed by atoms with Crippen LogP contribution in [-0.4, -0.2) is 17.6 Å². The first-order valence-corrected chi connectivity index (χ1v) is 7.48. The molecule has 0 aliphatic rings. The number of nitrogens with zero attached hydrogens (tertiary/aromatic N) is 2. The predicted molar refractivity (Wildman–Crippen MR) is 94.8 cm³/mol. The van der Waals surface area contributed by atoms with Crippen LogP contribution in [0.2, 0.25) is 0 Å². The van der Waals surface area contributed by atoms with Crippen molar-refractivity contribution in [3.8, 4) is 17.2 Å². The summed E-state index contributed by atoms with van der Waals surface area (Å²) in [6, 6.07) is 8.10. The Bertz CT molecular complexity index is 897. The van der Waals surface area contributed by atoms with Crippen molar-refractivity contribution in [3.05, 3.63) is 78.4 Å². The van der Waals surface area contributed by atoms with Crippen molar-refractivity contribution in [1.82, 2.24) is 4.57 Å². The largest absolute Gasteiger partial charge is 0.465 e. The van der Waals surface area contributed by atoms with Gasteiger partial charge < -0.3 is 9.30 Å². The van der Waals surface area contributed by atoms with Crippen molar-refractivity contribution in [3.63, 3.8) is 0 Å². The molecule has 0 saturated carbocycles. The summed E-state index contributed by atoms with van der Waals surface area (Å²) in [7, 11) is 1.30. The maximum absolute atomic E-state index is 13.1. The van der Waals surface area contributed by atoms with Gasteiger partial charge >= 0.3 is 5.97 Å². The van der Waals surface area contributed by atoms with Gasteiger partial charge in [-0.2, -0.15) is 5.26 Å². The summed E-state index contributed by atoms with van der Waals surface area (Å²) in [5.74, 6) is -0.807. The smallest absolute Gasteiger partial charge is 0.337 e. The summed E-state index contributed by atoms with van der Waals surface area (Å²) in [6.07, 6.45) is 8.21. The molecule has 0 bridgehead atoms. The van der Waals surface area contributed by atoms with Crippen LogP contribution in [0.3, 0.4) is 0 Å². The van der Waals surface area contributed by atoms with E-state index in [0.717, 1.165) is 11.3 Å². The highest BCUT2D eigenvalue weighted by atomic mass is 19.1. The third kappa shape index (κ3) is 4.12. The molecule has 0 fully saturated rings. The lowest BCUT2D eigenvalue weighted by Gasteiger charge is -2.02. The molecule has 0 amide bonds. The number of esters is 1. The van der Waals surface area contributed by atoms with E-state index in [-0.39, 0.29) is 5.82 Å². The van der Waals surface area contributed by atoms with Crippen molar-refractivity contribution in [1.29, 1.82) is 5.26 Å². The van der Waals surface area contributed by atoms with Crippen LogP contribution >= 0.6 is 0 Å². The normalized spacial score (nSPS) is 11.8. The zero-order valence-electron chi connectivity index (χ0n) is 14.0. The molecular weight excluding hydrogens is 319 g/mol. The number of ether oxygens (including phenoxy) is 1. The maximum atomic E-state index is 13.1. The van der Waals surface area contributed by atoms with Gasteiger partial charge in [0, 0.05) is 23.7 Å². The summed E-state index contributed by atoms with van der Waals surface area (Å²) in [6.45, 7) is 5.42. The Balaban J connectivity index is 2.40. The van der Waals surface area contributed by atoms with E-state index in [2.05, 4.69) is 17.4 Å². The maximum Gasteiger partial charge on any atom is 0.337 e. The first kappa shape index (κ1) is 18.0. The van der Waals surface area contributed by atoms with Crippen molar-refractivity contribution in [2.75, 3.05) is 7.11 Å². The number of aromatic nitrogens is 1. The number of carbonyl (C=O) groups excluding carboxylic acids is 1. The Morgan fingerprint density at radius 3 is 2.52 bits per heavy atom. The molecule has 5 heteroatoms. The van der Waals surface area contributed by atoms with E-state index in [4.69, 9.17) is 0 Å². The summed E-state index contributed by atoms with van der Waals surface area (Å²) in [4.78, 5) is 11.5. The number of methoxy groups -OCH3 is 1. The van der Waals surface area contributed by atoms with Gasteiger partial charge in [-0.1, -0.05) is 24.8 Å². The molecule has 0 spiro atoms. The van der Waals surface area contributed by atoms with E-state index in [1.807, 2.05) is 6.92 Å². The molecule has 2 aromatic rings. The first-order valence-electron chi connectivity index (χ1n) is 7.48. The molecular formula is C20H17FN2O2. The van der Waals surface area contributed by atoms with Crippen molar-refractivity contribution >= 4 is 11.7 Å². The molecule has 0 aliphatic carbocycles. The third-order valence-electron chi connectivity index (χ3n) is 3.65. The zero-order valence-corrected chi connectivity index (χ0v) is 14.0. The molecule has 1 aromatic heterocycles. The van der Waals surface area contributed by atoms with Crippen molar-refractivity contribution in [2.24, 2.45) is 0 Å². The number of benzene rings is 1. The molecule has 0 radical (unpaired) electrons. The van der Waals surface area contributed by atoms with Crippen LogP contribution in [0.4, 0.5) is 4.39 Å². The van der Waals surface area contributed by atoms with Gasteiger partial charge in [-0.05, 0) is 36.8 Å². The second-order valence-electron chi connectivity index (χ2n) is 5.24. The number of carbonyl (C=O) groups is 1. The third-order valence-corrected chi connectivity index (χ3v) is 3.65. The highest BCUT2D eigenvalue weighted by Crippen LogP contribution is 2.26. The Morgan fingerprint density at radius 2 is 1.96 bits per heavy atom. The van der Waals surface area contributed by atoms with E-state index in [9.17, 15) is 14.4 Å². The van der Waals surface area contributed by atoms with Crippen LogP contribution in [-0.2, 0) is 9.53 Å². The SMILES string of the molecule is C=C/C(=C\C=C(/C)n1cc(C#N)c(-c2ccc(F)cc2)c1)C(=O)OC. The Kier molecular flexibility index (Phi) is 5.70. The van der Waals surface area contributed by atoms with Gasteiger partial charge in [0.05, 0.1) is 18.2 Å². The molecule has 2 rings (SSSR count). The second kappa shape index (κ2) is 7.93. The van der Waals surface area contributed by atoms with Crippen molar-refractivity contribution < 1.29 is 13.9 Å². The zero-order chi connectivity index (χ0) is 18.4. The average molecular weight is 336 g/mol. The van der Waals surface area contributed by atoms with Gasteiger partial charge in [-0.15, -0.1) is 0 Å². The lowest BCUT2D eigenvalue weighted by atomic mass is 10.1. The summed E-state index contributed by atoms with van der Waals surface area (Å²) >= 11 is 0. The van der Waals surface area contributed by atoms with Crippen LogP contribution in [0.1, 0.15) is 12.5 Å². The molecule has 1 aromatic carbocycles. The summed E-state index contributed by atoms with van der Waals surface area (Å²) < 4.78 is 19.5. The minimum Gasteiger partial charge on any atom is -0.465 e. The molecule has 4 nitrogen and oxygen atoms in total. The fourth-order valence-electron chi connectivity index (χ4n) is 2.24. The minimum absolute atomic E-state index is 0.327. The first-order chi connectivity index (χ1) is 12.0. The number of allylic oxidation sites excluding steroid dienone is 3. The minimum atomic E-state index is -0.476. The average Bonchev–Trinajstić information content (AvgIpc) is 3.06. The molecule has 0 N–H and O–H groups in total. The molecule has 0 unspecified atom stereocenters. The number of hydrogen-bond donors (Lipinski definition) is 0. The van der Waals surface area contributed by atoms with E-state index in [0.29, 0.717) is 16.7 Å². The van der Waals surface area contributed by atoms with E-state index in [1.165, 1.54) is 25.3 Å². The Labute approximate surface area is 145 Å². The van der Waals surface area contributed by atoms with E-state index < -0.39 is 5.97 Å². The van der Waals surface area contributed by atoms with E-state index >= 15 is 0 Å². The van der Waals surface area contributed by atoms with E-state index in [1.54, 1.807) is 41.2 Å². The molecule has 0 atom stereocenters. The molecule has 126 valence electrons. The van der Waals surface area contributed by atoms with Gasteiger partial charge in [0.15, 0.2) is 0 Å². The van der Waals surface area contributed by atoms with Gasteiger partial charge in [-0.3, -0.25) is 0 Å². The number of halogens is 1. The van der Waals surface area contributed by atoms with Crippen LogP contribution in [0, 0.1) is 17.1 Å². The van der Waals surface area contributed by atoms with Crippen LogP contribution < -0.4 is 0 Å². The number of nitriles is 1. The molecule has 0 aliphatic heterocycles. The van der Waals surface area contributed by atoms with Crippen LogP contribution in [0.25, 0.3) is 16.8 Å². The van der Waals surface area contributed by atoms with Gasteiger partial charge in [0.25, 0.3) is 0 Å². The molecule has 25 heavy (non-hydrogen) atoms. The van der Waals surface area contributed by atoms with Crippen molar-refractivity contribution in [2.45, 2.75) is 6.92 Å². The van der Waals surface area contributed by atoms with Crippen LogP contribution in [0.15, 0.2) is 67.0 Å². The van der Waals surface area contributed by atoms with Gasteiger partial charge in [0.1, 0.15) is 11.9 Å². The summed E-state index contributed by atoms with van der Waals surface area (Å²) in [5, 5.41) is 9.35. The molecule has 1 heterocycles. The fraction of sp³-hybridized carbons (Fsp3) is 0.100. The summed E-state index contributed by atoms with van der Waals surface area (Å²) in [5.41, 5.74) is 3.04. The van der Waals surface area contributed by atoms with Gasteiger partial charge in [0.2, 0.25) is 0 Å². The lowest BCUT2D eigenvalue weighted by molar-refractivity contribution is -0.135. The monoisotopic (exact) mass is 336 g/mol. The number of rotatable bonds is 5. The van der Waals surface area contributed by atoms with Gasteiger partial charge in [-0.25, -0.2) is 9.18 Å². The highest BCUT2D eigenvalue weighted by molar-refractivity contribution is 5.91. The standard InChI is InChI=1S/C20H17FN2O2/c1-4-15(20(24)25-3)6-5-14(2)23-12-17(11-22)19(13-23)16-7-9-18(21)10-8-16/h4-10,12-13H,1H2,2-3H3/b14-5+,15-6+. The molecule has 0 saturated heterocycles.